The van der Waals surface area contributed by atoms with Crippen LogP contribution in [-0.4, -0.2) is 61.1 Å². The van der Waals surface area contributed by atoms with E-state index in [0.29, 0.717) is 37.8 Å². The minimum atomic E-state index is -0.00636. The number of hydrogen-bond acceptors (Lipinski definition) is 7. The van der Waals surface area contributed by atoms with Crippen LogP contribution in [0.4, 0.5) is 5.82 Å². The Bertz CT molecular complexity index is 852. The highest BCUT2D eigenvalue weighted by Gasteiger charge is 2.21. The summed E-state index contributed by atoms with van der Waals surface area (Å²) in [6, 6.07) is 9.28. The Balaban J connectivity index is 0.00000225. The fraction of sp³-hybridized carbons (Fsp3) is 0.316. The van der Waals surface area contributed by atoms with Crippen molar-refractivity contribution in [2.75, 3.05) is 45.0 Å². The molecular formula is C19H21ClN4O4. The van der Waals surface area contributed by atoms with Crippen molar-refractivity contribution in [3.8, 4) is 17.4 Å². The molecule has 0 radical (unpaired) electrons. The quantitative estimate of drug-likeness (QED) is 0.721. The first-order valence-electron chi connectivity index (χ1n) is 8.72. The minimum Gasteiger partial charge on any atom is -0.480 e. The number of benzene rings is 1. The summed E-state index contributed by atoms with van der Waals surface area (Å²) in [5.74, 6) is 2.71. The molecule has 2 aliphatic rings. The normalized spacial score (nSPS) is 15.5. The molecule has 0 unspecified atom stereocenters. The van der Waals surface area contributed by atoms with Gasteiger partial charge < -0.3 is 24.0 Å². The molecule has 0 N–H and O–H groups in total. The van der Waals surface area contributed by atoms with Crippen molar-refractivity contribution in [3.63, 3.8) is 0 Å². The Morgan fingerprint density at radius 3 is 2.57 bits per heavy atom. The number of rotatable bonds is 4. The molecule has 0 saturated carbocycles. The smallest absolute Gasteiger partial charge is 0.246 e. The summed E-state index contributed by atoms with van der Waals surface area (Å²) in [5.41, 5.74) is 0.903. The number of anilines is 1. The minimum absolute atomic E-state index is 0. The lowest BCUT2D eigenvalue weighted by Crippen LogP contribution is -2.48. The fourth-order valence-corrected chi connectivity index (χ4v) is 3.04. The third-order valence-corrected chi connectivity index (χ3v) is 4.57. The highest BCUT2D eigenvalue weighted by molar-refractivity contribution is 5.92. The van der Waals surface area contributed by atoms with Crippen LogP contribution in [0.15, 0.2) is 36.4 Å². The Kier molecular flexibility index (Phi) is 6.20. The standard InChI is InChI=1S/C19H20N4O4.ClH/c1-25-18-6-5-17(20-21-18)22-8-10-23(11-9-22)19(24)7-3-14-2-4-15-16(12-14)27-13-26-15;/h2-7,12H,8-11,13H2,1H3;1H/b7-3+;. The van der Waals surface area contributed by atoms with Crippen molar-refractivity contribution in [2.45, 2.75) is 0 Å². The van der Waals surface area contributed by atoms with Crippen molar-refractivity contribution >= 4 is 30.2 Å². The van der Waals surface area contributed by atoms with Gasteiger partial charge in [0.15, 0.2) is 17.3 Å². The number of piperazine rings is 1. The molecule has 28 heavy (non-hydrogen) atoms. The van der Waals surface area contributed by atoms with E-state index in [2.05, 4.69) is 15.1 Å². The van der Waals surface area contributed by atoms with Crippen molar-refractivity contribution in [1.82, 2.24) is 15.1 Å². The number of aromatic nitrogens is 2. The molecule has 0 spiro atoms. The van der Waals surface area contributed by atoms with E-state index in [1.54, 1.807) is 25.3 Å². The third kappa shape index (κ3) is 4.28. The second-order valence-corrected chi connectivity index (χ2v) is 6.19. The molecular weight excluding hydrogens is 384 g/mol. The predicted molar refractivity (Wildman–Crippen MR) is 106 cm³/mol. The summed E-state index contributed by atoms with van der Waals surface area (Å²) in [7, 11) is 1.56. The van der Waals surface area contributed by atoms with Crippen molar-refractivity contribution in [2.24, 2.45) is 0 Å². The highest BCUT2D eigenvalue weighted by atomic mass is 35.5. The van der Waals surface area contributed by atoms with Gasteiger partial charge in [-0.2, -0.15) is 0 Å². The van der Waals surface area contributed by atoms with Crippen LogP contribution >= 0.6 is 12.4 Å². The summed E-state index contributed by atoms with van der Waals surface area (Å²) in [5, 5.41) is 8.15. The molecule has 1 fully saturated rings. The van der Waals surface area contributed by atoms with E-state index < -0.39 is 0 Å². The van der Waals surface area contributed by atoms with E-state index >= 15 is 0 Å². The zero-order chi connectivity index (χ0) is 18.6. The number of amides is 1. The number of methoxy groups -OCH3 is 1. The van der Waals surface area contributed by atoms with Crippen LogP contribution in [0.2, 0.25) is 0 Å². The summed E-state index contributed by atoms with van der Waals surface area (Å²) in [6.07, 6.45) is 3.39. The Morgan fingerprint density at radius 2 is 1.86 bits per heavy atom. The molecule has 2 aliphatic heterocycles. The Labute approximate surface area is 169 Å². The van der Waals surface area contributed by atoms with Crippen LogP contribution in [0.3, 0.4) is 0 Å². The van der Waals surface area contributed by atoms with Gasteiger partial charge in [-0.1, -0.05) is 6.07 Å². The van der Waals surface area contributed by atoms with E-state index in [1.807, 2.05) is 29.2 Å². The lowest BCUT2D eigenvalue weighted by molar-refractivity contribution is -0.126. The van der Waals surface area contributed by atoms with Crippen LogP contribution in [-0.2, 0) is 4.79 Å². The molecule has 0 bridgehead atoms. The molecule has 4 rings (SSSR count). The average Bonchev–Trinajstić information content (AvgIpc) is 3.20. The zero-order valence-electron chi connectivity index (χ0n) is 15.4. The number of carbonyl (C=O) groups is 1. The van der Waals surface area contributed by atoms with Gasteiger partial charge in [-0.15, -0.1) is 22.6 Å². The van der Waals surface area contributed by atoms with Crippen molar-refractivity contribution in [3.05, 3.63) is 42.0 Å². The Morgan fingerprint density at radius 1 is 1.07 bits per heavy atom. The van der Waals surface area contributed by atoms with Crippen LogP contribution in [0.1, 0.15) is 5.56 Å². The van der Waals surface area contributed by atoms with Crippen molar-refractivity contribution in [1.29, 1.82) is 0 Å². The third-order valence-electron chi connectivity index (χ3n) is 4.57. The van der Waals surface area contributed by atoms with Gasteiger partial charge in [0.25, 0.3) is 0 Å². The van der Waals surface area contributed by atoms with Crippen molar-refractivity contribution < 1.29 is 19.0 Å². The lowest BCUT2D eigenvalue weighted by atomic mass is 10.2. The van der Waals surface area contributed by atoms with Gasteiger partial charge in [-0.3, -0.25) is 4.79 Å². The maximum absolute atomic E-state index is 12.5. The van der Waals surface area contributed by atoms with E-state index in [-0.39, 0.29) is 25.1 Å². The first-order chi connectivity index (χ1) is 13.2. The molecule has 1 saturated heterocycles. The summed E-state index contributed by atoms with van der Waals surface area (Å²) in [6.45, 7) is 2.94. The first kappa shape index (κ1) is 19.8. The Hall–Kier alpha value is -3.00. The van der Waals surface area contributed by atoms with Gasteiger partial charge in [0.05, 0.1) is 7.11 Å². The molecule has 1 aromatic heterocycles. The lowest BCUT2D eigenvalue weighted by Gasteiger charge is -2.34. The largest absolute Gasteiger partial charge is 0.480 e. The first-order valence-corrected chi connectivity index (χ1v) is 8.72. The molecule has 1 aromatic carbocycles. The second kappa shape index (κ2) is 8.79. The molecule has 0 atom stereocenters. The molecule has 3 heterocycles. The number of halogens is 1. The van der Waals surface area contributed by atoms with E-state index in [4.69, 9.17) is 14.2 Å². The number of carbonyl (C=O) groups excluding carboxylic acids is 1. The van der Waals surface area contributed by atoms with Gasteiger partial charge in [-0.25, -0.2) is 0 Å². The topological polar surface area (TPSA) is 77.0 Å². The number of nitrogens with zero attached hydrogens (tertiary/aromatic N) is 4. The van der Waals surface area contributed by atoms with Gasteiger partial charge >= 0.3 is 0 Å². The number of hydrogen-bond donors (Lipinski definition) is 0. The van der Waals surface area contributed by atoms with Gasteiger partial charge in [-0.05, 0) is 29.8 Å². The maximum Gasteiger partial charge on any atom is 0.246 e. The maximum atomic E-state index is 12.5. The molecule has 0 aliphatic carbocycles. The molecule has 8 nitrogen and oxygen atoms in total. The molecule has 1 amide bonds. The highest BCUT2D eigenvalue weighted by Crippen LogP contribution is 2.32. The second-order valence-electron chi connectivity index (χ2n) is 6.19. The van der Waals surface area contributed by atoms with Crippen LogP contribution in [0, 0.1) is 0 Å². The van der Waals surface area contributed by atoms with E-state index in [1.165, 1.54) is 0 Å². The summed E-state index contributed by atoms with van der Waals surface area (Å²) in [4.78, 5) is 16.4. The van der Waals surface area contributed by atoms with Gasteiger partial charge in [0, 0.05) is 38.3 Å². The monoisotopic (exact) mass is 404 g/mol. The van der Waals surface area contributed by atoms with Crippen LogP contribution in [0.5, 0.6) is 17.4 Å². The van der Waals surface area contributed by atoms with Crippen LogP contribution < -0.4 is 19.1 Å². The number of ether oxygens (including phenoxy) is 3. The number of fused-ring (bicyclic) bond motifs is 1. The molecule has 9 heteroatoms. The summed E-state index contributed by atoms with van der Waals surface area (Å²) < 4.78 is 15.7. The SMILES string of the molecule is COc1ccc(N2CCN(C(=O)/C=C/c3ccc4c(c3)OCO4)CC2)nn1.Cl. The summed E-state index contributed by atoms with van der Waals surface area (Å²) >= 11 is 0. The van der Waals surface area contributed by atoms with E-state index in [0.717, 1.165) is 17.1 Å². The molecule has 2 aromatic rings. The molecule has 148 valence electrons. The van der Waals surface area contributed by atoms with Gasteiger partial charge in [0.2, 0.25) is 18.6 Å². The van der Waals surface area contributed by atoms with E-state index in [9.17, 15) is 4.79 Å². The predicted octanol–water partition coefficient (Wildman–Crippen LogP) is 2.00. The zero-order valence-corrected chi connectivity index (χ0v) is 16.2. The fourth-order valence-electron chi connectivity index (χ4n) is 3.04. The average molecular weight is 405 g/mol. The van der Waals surface area contributed by atoms with Gasteiger partial charge in [0.1, 0.15) is 0 Å². The van der Waals surface area contributed by atoms with Crippen LogP contribution in [0.25, 0.3) is 6.08 Å².